The Kier molecular flexibility index (Phi) is 6.37. The first-order chi connectivity index (χ1) is 11.8. The molecule has 0 aliphatic carbocycles. The number of esters is 1. The molecule has 0 bridgehead atoms. The lowest BCUT2D eigenvalue weighted by Crippen LogP contribution is -2.23. The van der Waals surface area contributed by atoms with Gasteiger partial charge in [-0.25, -0.2) is 9.78 Å². The average molecular weight is 344 g/mol. The van der Waals surface area contributed by atoms with Gasteiger partial charge in [-0.05, 0) is 44.9 Å². The Morgan fingerprint density at radius 1 is 1.24 bits per heavy atom. The molecule has 136 valence electrons. The fourth-order valence-corrected chi connectivity index (χ4v) is 2.57. The number of nitrogens with zero attached hydrogens (tertiary/aromatic N) is 2. The van der Waals surface area contributed by atoms with Gasteiger partial charge in [-0.2, -0.15) is 0 Å². The van der Waals surface area contributed by atoms with Crippen molar-refractivity contribution in [1.82, 2.24) is 9.55 Å². The molecule has 0 aliphatic heterocycles. The van der Waals surface area contributed by atoms with E-state index in [2.05, 4.69) is 16.5 Å². The number of carbonyl (C=O) groups excluding carboxylic acids is 1. The normalized spacial score (nSPS) is 11.6. The predicted molar refractivity (Wildman–Crippen MR) is 97.5 cm³/mol. The van der Waals surface area contributed by atoms with Crippen molar-refractivity contribution in [1.29, 1.82) is 0 Å². The Hall–Kier alpha value is -2.14. The molecule has 0 fully saturated rings. The van der Waals surface area contributed by atoms with Crippen LogP contribution in [0.2, 0.25) is 0 Å². The Bertz CT molecular complexity index is 697. The Morgan fingerprint density at radius 3 is 2.48 bits per heavy atom. The van der Waals surface area contributed by atoms with E-state index in [1.165, 1.54) is 0 Å². The van der Waals surface area contributed by atoms with Crippen molar-refractivity contribution in [2.75, 3.05) is 0 Å². The molecule has 5 nitrogen and oxygen atoms in total. The molecule has 0 amide bonds. The highest BCUT2D eigenvalue weighted by Crippen LogP contribution is 2.16. The lowest BCUT2D eigenvalue weighted by atomic mass is 10.1. The molecule has 5 heteroatoms. The molecule has 2 rings (SSSR count). The fraction of sp³-hybridized carbons (Fsp3) is 0.500. The first kappa shape index (κ1) is 19.2. The molecule has 25 heavy (non-hydrogen) atoms. The van der Waals surface area contributed by atoms with E-state index in [1.807, 2.05) is 32.9 Å². The summed E-state index contributed by atoms with van der Waals surface area (Å²) in [7, 11) is 0. The largest absolute Gasteiger partial charge is 0.456 e. The zero-order valence-electron chi connectivity index (χ0n) is 15.6. The molecule has 1 aromatic heterocycles. The highest BCUT2D eigenvalue weighted by Gasteiger charge is 2.18. The Balaban J connectivity index is 2.13. The molecule has 0 saturated heterocycles. The molecule has 2 aromatic rings. The van der Waals surface area contributed by atoms with E-state index in [0.717, 1.165) is 36.3 Å². The molecule has 1 aromatic carbocycles. The van der Waals surface area contributed by atoms with Crippen LogP contribution in [0.25, 0.3) is 0 Å². The van der Waals surface area contributed by atoms with Crippen molar-refractivity contribution in [2.24, 2.45) is 0 Å². The average Bonchev–Trinajstić information content (AvgIpc) is 2.93. The Morgan fingerprint density at radius 2 is 1.92 bits per heavy atom. The maximum Gasteiger partial charge on any atom is 0.338 e. The molecule has 0 atom stereocenters. The van der Waals surface area contributed by atoms with E-state index >= 15 is 0 Å². The molecule has 1 N–H and O–H groups in total. The van der Waals surface area contributed by atoms with E-state index < -0.39 is 5.60 Å². The lowest BCUT2D eigenvalue weighted by Gasteiger charge is -2.19. The van der Waals surface area contributed by atoms with E-state index in [4.69, 9.17) is 4.74 Å². The van der Waals surface area contributed by atoms with Crippen LogP contribution in [0.3, 0.4) is 0 Å². The molecule has 0 radical (unpaired) electrons. The summed E-state index contributed by atoms with van der Waals surface area (Å²) < 4.78 is 7.44. The minimum absolute atomic E-state index is 0.0326. The monoisotopic (exact) mass is 344 g/mol. The number of hydrogen-bond donors (Lipinski definition) is 1. The van der Waals surface area contributed by atoms with Gasteiger partial charge in [0, 0.05) is 13.0 Å². The summed E-state index contributed by atoms with van der Waals surface area (Å²) in [4.78, 5) is 16.5. The Labute approximate surface area is 149 Å². The number of unbranched alkanes of at least 4 members (excludes halogenated alkanes) is 1. The first-order valence-electron chi connectivity index (χ1n) is 8.80. The minimum Gasteiger partial charge on any atom is -0.456 e. The van der Waals surface area contributed by atoms with Crippen molar-refractivity contribution < 1.29 is 14.6 Å². The summed E-state index contributed by atoms with van der Waals surface area (Å²) >= 11 is 0. The number of carbonyl (C=O) groups is 1. The second-order valence-corrected chi connectivity index (χ2v) is 7.21. The van der Waals surface area contributed by atoms with Crippen LogP contribution < -0.4 is 0 Å². The summed E-state index contributed by atoms with van der Waals surface area (Å²) in [6.07, 6.45) is 4.80. The van der Waals surface area contributed by atoms with Crippen molar-refractivity contribution >= 4 is 5.97 Å². The van der Waals surface area contributed by atoms with Gasteiger partial charge in [-0.3, -0.25) is 0 Å². The van der Waals surface area contributed by atoms with Crippen LogP contribution in [0.1, 0.15) is 68.0 Å². The number of imidazole rings is 1. The molecule has 0 aliphatic rings. The number of hydrogen-bond acceptors (Lipinski definition) is 4. The highest BCUT2D eigenvalue weighted by atomic mass is 16.6. The zero-order valence-corrected chi connectivity index (χ0v) is 15.6. The summed E-state index contributed by atoms with van der Waals surface area (Å²) in [6.45, 7) is 8.31. The summed E-state index contributed by atoms with van der Waals surface area (Å²) in [6, 6.07) is 7.41. The van der Waals surface area contributed by atoms with Crippen LogP contribution in [0.4, 0.5) is 0 Å². The zero-order chi connectivity index (χ0) is 18.4. The van der Waals surface area contributed by atoms with E-state index in [0.29, 0.717) is 12.1 Å². The highest BCUT2D eigenvalue weighted by molar-refractivity contribution is 5.89. The number of aliphatic hydroxyl groups excluding tert-OH is 1. The number of aromatic nitrogens is 2. The van der Waals surface area contributed by atoms with Gasteiger partial charge in [-0.1, -0.05) is 25.5 Å². The van der Waals surface area contributed by atoms with Gasteiger partial charge < -0.3 is 14.4 Å². The quantitative estimate of drug-likeness (QED) is 0.778. The molecule has 1 heterocycles. The van der Waals surface area contributed by atoms with Crippen LogP contribution >= 0.6 is 0 Å². The molecular formula is C20H28N2O3. The van der Waals surface area contributed by atoms with Gasteiger partial charge in [-0.15, -0.1) is 0 Å². The summed E-state index contributed by atoms with van der Waals surface area (Å²) in [5.74, 6) is 0.670. The fourth-order valence-electron chi connectivity index (χ4n) is 2.57. The van der Waals surface area contributed by atoms with Gasteiger partial charge in [0.25, 0.3) is 0 Å². The van der Waals surface area contributed by atoms with Crippen LogP contribution in [0.5, 0.6) is 0 Å². The predicted octanol–water partition coefficient (Wildman–Crippen LogP) is 3.72. The van der Waals surface area contributed by atoms with Crippen LogP contribution in [0.15, 0.2) is 30.5 Å². The van der Waals surface area contributed by atoms with E-state index in [-0.39, 0.29) is 12.6 Å². The van der Waals surface area contributed by atoms with Crippen molar-refractivity contribution in [2.45, 2.75) is 65.7 Å². The third-order valence-electron chi connectivity index (χ3n) is 3.87. The molecule has 0 unspecified atom stereocenters. The maximum absolute atomic E-state index is 12.1. The van der Waals surface area contributed by atoms with Gasteiger partial charge in [0.1, 0.15) is 11.4 Å². The minimum atomic E-state index is -0.503. The van der Waals surface area contributed by atoms with Gasteiger partial charge >= 0.3 is 5.97 Å². The molecule has 0 saturated carbocycles. The van der Waals surface area contributed by atoms with Crippen LogP contribution in [-0.2, 0) is 24.3 Å². The second-order valence-electron chi connectivity index (χ2n) is 7.21. The smallest absolute Gasteiger partial charge is 0.338 e. The number of rotatable bonds is 7. The number of aryl methyl sites for hydroxylation is 1. The van der Waals surface area contributed by atoms with Gasteiger partial charge in [0.15, 0.2) is 0 Å². The van der Waals surface area contributed by atoms with E-state index in [9.17, 15) is 9.90 Å². The first-order valence-corrected chi connectivity index (χ1v) is 8.80. The van der Waals surface area contributed by atoms with E-state index in [1.54, 1.807) is 18.3 Å². The topological polar surface area (TPSA) is 64.4 Å². The summed E-state index contributed by atoms with van der Waals surface area (Å²) in [5, 5.41) is 9.54. The number of aliphatic hydroxyl groups is 1. The molecule has 0 spiro atoms. The number of benzene rings is 1. The lowest BCUT2D eigenvalue weighted by molar-refractivity contribution is 0.00695. The third-order valence-corrected chi connectivity index (χ3v) is 3.87. The SMILES string of the molecule is CCCCc1ncc(CO)n1Cc1ccc(C(=O)OC(C)(C)C)cc1. The standard InChI is InChI=1S/C20H28N2O3/c1-5-6-7-18-21-12-17(14-23)22(18)13-15-8-10-16(11-9-15)19(24)25-20(2,3)4/h8-12,23H,5-7,13-14H2,1-4H3. The van der Waals surface area contributed by atoms with Gasteiger partial charge in [0.05, 0.1) is 24.1 Å². The van der Waals surface area contributed by atoms with Crippen LogP contribution in [-0.4, -0.2) is 26.2 Å². The maximum atomic E-state index is 12.1. The van der Waals surface area contributed by atoms with Crippen molar-refractivity contribution in [3.63, 3.8) is 0 Å². The summed E-state index contributed by atoms with van der Waals surface area (Å²) in [5.41, 5.74) is 1.90. The van der Waals surface area contributed by atoms with Crippen molar-refractivity contribution in [3.8, 4) is 0 Å². The van der Waals surface area contributed by atoms with Gasteiger partial charge in [0.2, 0.25) is 0 Å². The number of ether oxygens (including phenoxy) is 1. The second kappa shape index (κ2) is 8.30. The third kappa shape index (κ3) is 5.43. The van der Waals surface area contributed by atoms with Crippen LogP contribution in [0, 0.1) is 0 Å². The van der Waals surface area contributed by atoms with Crippen molar-refractivity contribution in [3.05, 3.63) is 53.1 Å². The molecular weight excluding hydrogens is 316 g/mol.